The van der Waals surface area contributed by atoms with E-state index in [-0.39, 0.29) is 18.9 Å². The van der Waals surface area contributed by atoms with Crippen LogP contribution in [0.5, 0.6) is 0 Å². The number of rotatable bonds is 59. The van der Waals surface area contributed by atoms with Gasteiger partial charge in [0.15, 0.2) is 18.9 Å². The largest absolute Gasteiger partial charge is 0.394 e. The summed E-state index contributed by atoms with van der Waals surface area (Å²) in [4.78, 5) is 13.4. The van der Waals surface area contributed by atoms with Crippen molar-refractivity contribution < 1.29 is 89.4 Å². The van der Waals surface area contributed by atoms with Gasteiger partial charge in [-0.25, -0.2) is 0 Å². The number of allylic oxidation sites excluding steroid dienone is 15. The number of nitrogens with one attached hydrogen (secondary N) is 1. The Labute approximate surface area is 590 Å². The molecule has 566 valence electrons. The molecule has 12 N–H and O–H groups in total. The van der Waals surface area contributed by atoms with Crippen molar-refractivity contribution in [3.8, 4) is 0 Å². The van der Waals surface area contributed by atoms with Gasteiger partial charge in [0, 0.05) is 6.42 Å². The minimum absolute atomic E-state index is 0.241. The number of hydrogen-bond donors (Lipinski definition) is 12. The zero-order valence-electron chi connectivity index (χ0n) is 60.2. The number of carbonyl (C=O) groups is 1. The zero-order chi connectivity index (χ0) is 71.1. The monoisotopic (exact) mass is 1390 g/mol. The van der Waals surface area contributed by atoms with Crippen molar-refractivity contribution in [3.05, 3.63) is 97.2 Å². The van der Waals surface area contributed by atoms with Crippen LogP contribution in [0.2, 0.25) is 0 Å². The Kier molecular flexibility index (Phi) is 53.7. The summed E-state index contributed by atoms with van der Waals surface area (Å²) in [6.07, 6.45) is 52.6. The highest BCUT2D eigenvalue weighted by atomic mass is 16.8. The van der Waals surface area contributed by atoms with E-state index in [1.54, 1.807) is 6.08 Å². The molecule has 0 aromatic heterocycles. The van der Waals surface area contributed by atoms with Crippen LogP contribution in [0.1, 0.15) is 264 Å². The highest BCUT2D eigenvalue weighted by Crippen LogP contribution is 2.33. The average molecular weight is 1390 g/mol. The third-order valence-electron chi connectivity index (χ3n) is 18.6. The number of aliphatic hydroxyl groups is 11. The SMILES string of the molecule is CC/C=C\C/C=C\C/C=C\C/C=C\C/C=C\C/C=C\C/C=C\CCCCCCCCCCCCCCCCCCCC(=O)NC(COC1OC(CO)C(OC2OC(CO)C(OC3OC(CO)C(O)C(O)C3O)C(O)C2O)C(O)C1O)C(O)/C=C/CCCCCCCCCCCCCC. The molecule has 0 aromatic carbocycles. The van der Waals surface area contributed by atoms with Gasteiger partial charge in [0.1, 0.15) is 73.2 Å². The Morgan fingerprint density at radius 1 is 0.378 bits per heavy atom. The molecule has 3 saturated heterocycles. The second-order valence-electron chi connectivity index (χ2n) is 27.1. The molecule has 0 aromatic rings. The zero-order valence-corrected chi connectivity index (χ0v) is 60.2. The first-order valence-electron chi connectivity index (χ1n) is 38.5. The quantitative estimate of drug-likeness (QED) is 0.0199. The van der Waals surface area contributed by atoms with Gasteiger partial charge in [-0.15, -0.1) is 0 Å². The molecule has 98 heavy (non-hydrogen) atoms. The molecule has 19 nitrogen and oxygen atoms in total. The maximum Gasteiger partial charge on any atom is 0.220 e. The smallest absolute Gasteiger partial charge is 0.220 e. The Bertz CT molecular complexity index is 2150. The minimum Gasteiger partial charge on any atom is -0.394 e. The fourth-order valence-electron chi connectivity index (χ4n) is 12.5. The van der Waals surface area contributed by atoms with E-state index in [2.05, 4.69) is 104 Å². The highest BCUT2D eigenvalue weighted by molar-refractivity contribution is 5.76. The number of ether oxygens (including phenoxy) is 6. The molecule has 0 bridgehead atoms. The van der Waals surface area contributed by atoms with Crippen molar-refractivity contribution >= 4 is 5.91 Å². The van der Waals surface area contributed by atoms with Gasteiger partial charge in [0.25, 0.3) is 0 Å². The van der Waals surface area contributed by atoms with Crippen molar-refractivity contribution in [1.29, 1.82) is 0 Å². The highest BCUT2D eigenvalue weighted by Gasteiger charge is 2.53. The number of carbonyl (C=O) groups excluding carboxylic acids is 1. The molecule has 3 fully saturated rings. The van der Waals surface area contributed by atoms with Gasteiger partial charge in [0.2, 0.25) is 5.91 Å². The van der Waals surface area contributed by atoms with Crippen molar-refractivity contribution in [3.63, 3.8) is 0 Å². The lowest BCUT2D eigenvalue weighted by atomic mass is 9.96. The van der Waals surface area contributed by atoms with E-state index in [0.29, 0.717) is 6.42 Å². The van der Waals surface area contributed by atoms with E-state index < -0.39 is 124 Å². The topological polar surface area (TPSA) is 307 Å². The molecule has 3 heterocycles. The molecule has 17 unspecified atom stereocenters. The molecule has 19 heteroatoms. The Balaban J connectivity index is 1.31. The molecule has 0 spiro atoms. The fourth-order valence-corrected chi connectivity index (χ4v) is 12.5. The maximum atomic E-state index is 13.4. The second-order valence-corrected chi connectivity index (χ2v) is 27.1. The summed E-state index contributed by atoms with van der Waals surface area (Å²) in [5, 5.41) is 121. The summed E-state index contributed by atoms with van der Waals surface area (Å²) < 4.78 is 34.4. The van der Waals surface area contributed by atoms with Gasteiger partial charge < -0.3 is 89.9 Å². The normalized spacial score (nSPS) is 27.3. The van der Waals surface area contributed by atoms with E-state index in [1.165, 1.54) is 148 Å². The number of unbranched alkanes of at least 4 members (excludes halogenated alkanes) is 29. The Morgan fingerprint density at radius 2 is 0.704 bits per heavy atom. The molecule has 3 aliphatic rings. The predicted molar refractivity (Wildman–Crippen MR) is 387 cm³/mol. The first-order valence-corrected chi connectivity index (χ1v) is 38.5. The molecule has 0 aliphatic carbocycles. The molecule has 1 amide bonds. The van der Waals surface area contributed by atoms with Crippen LogP contribution in [0.4, 0.5) is 0 Å². The van der Waals surface area contributed by atoms with Gasteiger partial charge in [-0.1, -0.05) is 278 Å². The second kappa shape index (κ2) is 59.1. The summed E-state index contributed by atoms with van der Waals surface area (Å²) in [7, 11) is 0. The third kappa shape index (κ3) is 39.4. The summed E-state index contributed by atoms with van der Waals surface area (Å²) in [5.74, 6) is -0.276. The maximum absolute atomic E-state index is 13.4. The first-order chi connectivity index (χ1) is 47.8. The summed E-state index contributed by atoms with van der Waals surface area (Å²) in [6, 6.07) is -0.976. The molecule has 0 radical (unpaired) electrons. The molecule has 17 atom stereocenters. The number of aliphatic hydroxyl groups excluding tert-OH is 11. The van der Waals surface area contributed by atoms with Crippen LogP contribution in [-0.4, -0.2) is 193 Å². The molecule has 3 aliphatic heterocycles. The predicted octanol–water partition coefficient (Wildman–Crippen LogP) is 12.0. The fraction of sp³-hybridized carbons (Fsp3) is 0.785. The molecular formula is C79H137NO18. The first kappa shape index (κ1) is 88.9. The lowest BCUT2D eigenvalue weighted by molar-refractivity contribution is -0.379. The molecule has 0 saturated carbocycles. The molecule has 3 rings (SSSR count). The van der Waals surface area contributed by atoms with Gasteiger partial charge in [-0.05, 0) is 77.0 Å². The standard InChI is InChI=1S/C79H137NO18/c1-3-5-7-9-11-13-15-17-19-20-21-22-23-24-25-26-27-28-29-30-31-32-33-34-35-36-37-38-39-40-41-42-43-45-47-49-51-53-55-57-67(85)80-62(63(84)56-54-52-50-48-46-44-18-16-14-12-10-8-6-4-2)61-93-77-73(91)70(88)75(65(59-82)95-77)98-79-74(92)71(89)76(66(60-83)96-79)97-78-72(90)69(87)68(86)64(58-81)94-78/h5,7,11,13,17,19,21-22,24-25,27-28,30-31,54,56,62-66,68-79,81-84,86-92H,3-4,6,8-10,12,14-16,18,20,23,26,29,32-53,55,57-61H2,1-2H3,(H,80,85)/b7-5-,13-11-,19-17-,22-21-,25-24-,28-27-,31-30-,56-54+. The summed E-state index contributed by atoms with van der Waals surface area (Å²) in [6.45, 7) is 1.62. The number of hydrogen-bond acceptors (Lipinski definition) is 18. The Hall–Kier alpha value is -3.29. The lowest BCUT2D eigenvalue weighted by Crippen LogP contribution is -2.66. The van der Waals surface area contributed by atoms with Crippen LogP contribution in [0, 0.1) is 0 Å². The van der Waals surface area contributed by atoms with Crippen molar-refractivity contribution in [1.82, 2.24) is 5.32 Å². The van der Waals surface area contributed by atoms with Crippen molar-refractivity contribution in [2.24, 2.45) is 0 Å². The van der Waals surface area contributed by atoms with E-state index >= 15 is 0 Å². The van der Waals surface area contributed by atoms with Crippen molar-refractivity contribution in [2.45, 2.75) is 369 Å². The van der Waals surface area contributed by atoms with Crippen LogP contribution in [-0.2, 0) is 33.2 Å². The van der Waals surface area contributed by atoms with Crippen LogP contribution in [0.15, 0.2) is 97.2 Å². The average Bonchev–Trinajstić information content (AvgIpc) is 0.785. The number of amides is 1. The van der Waals surface area contributed by atoms with E-state index in [4.69, 9.17) is 28.4 Å². The molecular weight excluding hydrogens is 1250 g/mol. The van der Waals surface area contributed by atoms with Gasteiger partial charge in [0.05, 0.1) is 38.6 Å². The van der Waals surface area contributed by atoms with E-state index in [0.717, 1.165) is 89.9 Å². The van der Waals surface area contributed by atoms with Crippen molar-refractivity contribution in [2.75, 3.05) is 26.4 Å². The Morgan fingerprint density at radius 3 is 1.10 bits per heavy atom. The minimum atomic E-state index is -1.98. The summed E-state index contributed by atoms with van der Waals surface area (Å²) in [5.41, 5.74) is 0. The van der Waals surface area contributed by atoms with E-state index in [1.807, 2.05) is 6.08 Å². The van der Waals surface area contributed by atoms with Gasteiger partial charge in [-0.3, -0.25) is 4.79 Å². The van der Waals surface area contributed by atoms with Gasteiger partial charge >= 0.3 is 0 Å². The van der Waals surface area contributed by atoms with E-state index in [9.17, 15) is 61.0 Å². The summed E-state index contributed by atoms with van der Waals surface area (Å²) >= 11 is 0. The van der Waals surface area contributed by atoms with Crippen LogP contribution >= 0.6 is 0 Å². The van der Waals surface area contributed by atoms with Crippen LogP contribution in [0.25, 0.3) is 0 Å². The van der Waals surface area contributed by atoms with Gasteiger partial charge in [-0.2, -0.15) is 0 Å². The third-order valence-corrected chi connectivity index (χ3v) is 18.6. The lowest BCUT2D eigenvalue weighted by Gasteiger charge is -2.48. The van der Waals surface area contributed by atoms with Crippen LogP contribution < -0.4 is 5.32 Å². The van der Waals surface area contributed by atoms with Crippen LogP contribution in [0.3, 0.4) is 0 Å².